The lowest BCUT2D eigenvalue weighted by Gasteiger charge is -2.22. The van der Waals surface area contributed by atoms with Crippen LogP contribution < -0.4 is 10.2 Å². The van der Waals surface area contributed by atoms with E-state index < -0.39 is 0 Å². The number of carbonyl (C=O) groups is 1. The maximum absolute atomic E-state index is 12.3. The van der Waals surface area contributed by atoms with Gasteiger partial charge in [-0.05, 0) is 48.9 Å². The summed E-state index contributed by atoms with van der Waals surface area (Å²) < 4.78 is 0. The monoisotopic (exact) mass is 350 g/mol. The molecule has 1 aromatic heterocycles. The molecule has 1 atom stereocenters. The normalized spacial score (nSPS) is 20.2. The van der Waals surface area contributed by atoms with Crippen LogP contribution in [0.5, 0.6) is 0 Å². The fourth-order valence-corrected chi connectivity index (χ4v) is 3.80. The molecule has 0 spiro atoms. The van der Waals surface area contributed by atoms with Crippen molar-refractivity contribution in [2.75, 3.05) is 17.3 Å². The SMILES string of the molecule is CO/N=C1/CCC(c2ccc3c(c2)N(C(C)=O)Cc2cccnc2N3)C1. The van der Waals surface area contributed by atoms with E-state index in [-0.39, 0.29) is 5.91 Å². The number of rotatable bonds is 2. The zero-order chi connectivity index (χ0) is 18.1. The standard InChI is InChI=1S/C20H22N4O2/c1-13(25)24-12-16-4-3-9-21-20(16)22-18-8-6-15(11-19(18)24)14-5-7-17(10-14)23-26-2/h3-4,6,8-9,11,14H,5,7,10,12H2,1-2H3,(H,21,22)/b23-17-. The molecule has 0 bridgehead atoms. The number of pyridine rings is 1. The van der Waals surface area contributed by atoms with Crippen molar-refractivity contribution >= 4 is 28.8 Å². The number of hydrogen-bond acceptors (Lipinski definition) is 5. The topological polar surface area (TPSA) is 66.8 Å². The van der Waals surface area contributed by atoms with Crippen LogP contribution in [0.3, 0.4) is 0 Å². The Balaban J connectivity index is 1.71. The van der Waals surface area contributed by atoms with Gasteiger partial charge < -0.3 is 15.1 Å². The molecular weight excluding hydrogens is 328 g/mol. The minimum absolute atomic E-state index is 0.0231. The second-order valence-corrected chi connectivity index (χ2v) is 6.80. The van der Waals surface area contributed by atoms with E-state index >= 15 is 0 Å². The van der Waals surface area contributed by atoms with E-state index in [9.17, 15) is 4.79 Å². The van der Waals surface area contributed by atoms with Crippen LogP contribution in [0.1, 0.15) is 43.2 Å². The summed E-state index contributed by atoms with van der Waals surface area (Å²) in [7, 11) is 1.59. The lowest BCUT2D eigenvalue weighted by molar-refractivity contribution is -0.116. The van der Waals surface area contributed by atoms with Gasteiger partial charge in [-0.15, -0.1) is 0 Å². The molecule has 134 valence electrons. The molecular formula is C20H22N4O2. The summed E-state index contributed by atoms with van der Waals surface area (Å²) in [4.78, 5) is 23.5. The number of fused-ring (bicyclic) bond motifs is 2. The molecule has 6 nitrogen and oxygen atoms in total. The van der Waals surface area contributed by atoms with Gasteiger partial charge in [0.15, 0.2) is 0 Å². The van der Waals surface area contributed by atoms with E-state index in [0.717, 1.165) is 47.7 Å². The van der Waals surface area contributed by atoms with Crippen molar-refractivity contribution in [1.29, 1.82) is 0 Å². The summed E-state index contributed by atoms with van der Waals surface area (Å²) >= 11 is 0. The van der Waals surface area contributed by atoms with Crippen LogP contribution in [0.4, 0.5) is 17.2 Å². The van der Waals surface area contributed by atoms with Crippen LogP contribution in [0, 0.1) is 0 Å². The second kappa shape index (κ2) is 6.78. The van der Waals surface area contributed by atoms with E-state index in [4.69, 9.17) is 4.84 Å². The number of carbonyl (C=O) groups excluding carboxylic acids is 1. The van der Waals surface area contributed by atoms with E-state index in [0.29, 0.717) is 12.5 Å². The van der Waals surface area contributed by atoms with Gasteiger partial charge in [-0.25, -0.2) is 4.98 Å². The molecule has 1 amide bonds. The van der Waals surface area contributed by atoms with Gasteiger partial charge >= 0.3 is 0 Å². The van der Waals surface area contributed by atoms with Crippen LogP contribution in [0.25, 0.3) is 0 Å². The minimum atomic E-state index is 0.0231. The summed E-state index contributed by atoms with van der Waals surface area (Å²) in [6.45, 7) is 2.12. The van der Waals surface area contributed by atoms with Crippen molar-refractivity contribution in [2.24, 2.45) is 5.16 Å². The summed E-state index contributed by atoms with van der Waals surface area (Å²) in [6, 6.07) is 10.2. The van der Waals surface area contributed by atoms with Gasteiger partial charge in [0.05, 0.1) is 23.6 Å². The van der Waals surface area contributed by atoms with Crippen LogP contribution in [0.15, 0.2) is 41.7 Å². The Bertz CT molecular complexity index is 878. The summed E-state index contributed by atoms with van der Waals surface area (Å²) in [5.74, 6) is 1.24. The maximum atomic E-state index is 12.3. The molecule has 1 N–H and O–H groups in total. The molecule has 2 heterocycles. The van der Waals surface area contributed by atoms with E-state index in [1.54, 1.807) is 20.2 Å². The molecule has 1 fully saturated rings. The molecule has 0 saturated heterocycles. The smallest absolute Gasteiger partial charge is 0.224 e. The molecule has 1 aromatic carbocycles. The van der Waals surface area contributed by atoms with Crippen molar-refractivity contribution < 1.29 is 9.63 Å². The first kappa shape index (κ1) is 16.6. The first-order valence-corrected chi connectivity index (χ1v) is 8.87. The Morgan fingerprint density at radius 3 is 3.08 bits per heavy atom. The number of benzene rings is 1. The Morgan fingerprint density at radius 1 is 1.38 bits per heavy atom. The van der Waals surface area contributed by atoms with Crippen LogP contribution in [-0.4, -0.2) is 23.7 Å². The van der Waals surface area contributed by atoms with Crippen molar-refractivity contribution in [2.45, 2.75) is 38.6 Å². The number of oxime groups is 1. The van der Waals surface area contributed by atoms with Gasteiger partial charge in [0.1, 0.15) is 12.9 Å². The first-order valence-electron chi connectivity index (χ1n) is 8.87. The van der Waals surface area contributed by atoms with Gasteiger partial charge in [-0.2, -0.15) is 0 Å². The predicted molar refractivity (Wildman–Crippen MR) is 102 cm³/mol. The van der Waals surface area contributed by atoms with Gasteiger partial charge in [-0.3, -0.25) is 4.79 Å². The lowest BCUT2D eigenvalue weighted by Crippen LogP contribution is -2.27. The van der Waals surface area contributed by atoms with Gasteiger partial charge in [0.25, 0.3) is 0 Å². The minimum Gasteiger partial charge on any atom is -0.399 e. The van der Waals surface area contributed by atoms with Crippen molar-refractivity contribution in [3.63, 3.8) is 0 Å². The number of aromatic nitrogens is 1. The molecule has 1 unspecified atom stereocenters. The molecule has 2 aliphatic rings. The molecule has 4 rings (SSSR count). The number of nitrogens with one attached hydrogen (secondary N) is 1. The molecule has 1 saturated carbocycles. The first-order chi connectivity index (χ1) is 12.7. The highest BCUT2D eigenvalue weighted by atomic mass is 16.6. The van der Waals surface area contributed by atoms with Gasteiger partial charge in [0, 0.05) is 18.7 Å². The molecule has 0 radical (unpaired) electrons. The van der Waals surface area contributed by atoms with Crippen molar-refractivity contribution in [3.05, 3.63) is 47.7 Å². The fourth-order valence-electron chi connectivity index (χ4n) is 3.80. The number of hydrogen-bond donors (Lipinski definition) is 1. The summed E-state index contributed by atoms with van der Waals surface area (Å²) in [5.41, 5.74) is 5.16. The van der Waals surface area contributed by atoms with Crippen LogP contribution >= 0.6 is 0 Å². The Kier molecular flexibility index (Phi) is 4.32. The highest BCUT2D eigenvalue weighted by Crippen LogP contribution is 2.40. The zero-order valence-corrected chi connectivity index (χ0v) is 15.0. The fraction of sp³-hybridized carbons (Fsp3) is 0.350. The van der Waals surface area contributed by atoms with E-state index in [1.807, 2.05) is 17.0 Å². The Morgan fingerprint density at radius 2 is 2.27 bits per heavy atom. The number of nitrogens with zero attached hydrogens (tertiary/aromatic N) is 3. The van der Waals surface area contributed by atoms with Crippen molar-refractivity contribution in [1.82, 2.24) is 4.98 Å². The highest BCUT2D eigenvalue weighted by Gasteiger charge is 2.27. The molecule has 1 aliphatic carbocycles. The van der Waals surface area contributed by atoms with Crippen LogP contribution in [-0.2, 0) is 16.2 Å². The molecule has 1 aliphatic heterocycles. The molecule has 6 heteroatoms. The number of anilines is 3. The van der Waals surface area contributed by atoms with Crippen molar-refractivity contribution in [3.8, 4) is 0 Å². The second-order valence-electron chi connectivity index (χ2n) is 6.80. The average molecular weight is 350 g/mol. The summed E-state index contributed by atoms with van der Waals surface area (Å²) in [6.07, 6.45) is 4.68. The van der Waals surface area contributed by atoms with Crippen LogP contribution in [0.2, 0.25) is 0 Å². The molecule has 26 heavy (non-hydrogen) atoms. The van der Waals surface area contributed by atoms with Gasteiger partial charge in [-0.1, -0.05) is 17.3 Å². The Hall–Kier alpha value is -2.89. The maximum Gasteiger partial charge on any atom is 0.224 e. The van der Waals surface area contributed by atoms with Gasteiger partial charge in [0.2, 0.25) is 5.91 Å². The lowest BCUT2D eigenvalue weighted by atomic mass is 9.96. The third-order valence-electron chi connectivity index (χ3n) is 5.12. The Labute approximate surface area is 152 Å². The third kappa shape index (κ3) is 3.03. The summed E-state index contributed by atoms with van der Waals surface area (Å²) in [5, 5.41) is 7.49. The zero-order valence-electron chi connectivity index (χ0n) is 15.0. The molecule has 2 aromatic rings. The van der Waals surface area contributed by atoms with E-state index in [1.165, 1.54) is 5.56 Å². The third-order valence-corrected chi connectivity index (χ3v) is 5.12. The largest absolute Gasteiger partial charge is 0.399 e. The number of amides is 1. The predicted octanol–water partition coefficient (Wildman–Crippen LogP) is 3.96. The average Bonchev–Trinajstić information content (AvgIpc) is 3.03. The van der Waals surface area contributed by atoms with E-state index in [2.05, 4.69) is 33.7 Å². The highest BCUT2D eigenvalue weighted by molar-refractivity contribution is 5.97. The quantitative estimate of drug-likeness (QED) is 0.833.